The van der Waals surface area contributed by atoms with Gasteiger partial charge in [0.15, 0.2) is 0 Å². The number of ether oxygens (including phenoxy) is 4. The summed E-state index contributed by atoms with van der Waals surface area (Å²) in [6, 6.07) is 34.2. The van der Waals surface area contributed by atoms with Crippen LogP contribution in [-0.2, 0) is 11.8 Å². The van der Waals surface area contributed by atoms with E-state index >= 15 is 0 Å². The molecule has 0 spiro atoms. The molecule has 0 unspecified atom stereocenters. The van der Waals surface area contributed by atoms with E-state index in [-0.39, 0.29) is 23.2 Å². The summed E-state index contributed by atoms with van der Waals surface area (Å²) < 4.78 is 24.2. The predicted molar refractivity (Wildman–Crippen MR) is 193 cm³/mol. The van der Waals surface area contributed by atoms with Crippen LogP contribution in [0.4, 0.5) is 0 Å². The molecule has 0 heterocycles. The first-order valence-corrected chi connectivity index (χ1v) is 17.6. The number of rotatable bonds is 15. The topological polar surface area (TPSA) is 36.9 Å². The van der Waals surface area contributed by atoms with E-state index in [1.807, 2.05) is 12.1 Å². The van der Waals surface area contributed by atoms with Crippen LogP contribution in [0.2, 0.25) is 0 Å². The summed E-state index contributed by atoms with van der Waals surface area (Å²) in [4.78, 5) is 0. The van der Waals surface area contributed by atoms with Crippen molar-refractivity contribution in [3.8, 4) is 23.0 Å². The van der Waals surface area contributed by atoms with Gasteiger partial charge < -0.3 is 18.9 Å². The highest BCUT2D eigenvalue weighted by molar-refractivity contribution is 5.44. The van der Waals surface area contributed by atoms with Crippen molar-refractivity contribution in [3.63, 3.8) is 0 Å². The first kappa shape index (κ1) is 34.4. The molecular weight excluding hydrogens is 580 g/mol. The molecule has 1 aliphatic rings. The van der Waals surface area contributed by atoms with E-state index in [0.29, 0.717) is 0 Å². The van der Waals surface area contributed by atoms with Gasteiger partial charge in [-0.05, 0) is 122 Å². The van der Waals surface area contributed by atoms with E-state index in [1.165, 1.54) is 41.5 Å². The van der Waals surface area contributed by atoms with Crippen LogP contribution in [-0.4, -0.2) is 19.0 Å². The lowest BCUT2D eigenvalue weighted by Crippen LogP contribution is -2.30. The van der Waals surface area contributed by atoms with Crippen LogP contribution in [0.1, 0.15) is 109 Å². The second kappa shape index (κ2) is 15.3. The molecule has 0 radical (unpaired) electrons. The van der Waals surface area contributed by atoms with Gasteiger partial charge in [0.05, 0.1) is 6.61 Å². The molecule has 0 saturated heterocycles. The Labute approximate surface area is 283 Å². The van der Waals surface area contributed by atoms with E-state index in [0.717, 1.165) is 61.7 Å². The summed E-state index contributed by atoms with van der Waals surface area (Å²) in [6.45, 7) is 14.0. The Morgan fingerprint density at radius 3 is 1.45 bits per heavy atom. The first-order chi connectivity index (χ1) is 22.6. The van der Waals surface area contributed by atoms with Gasteiger partial charge in [-0.1, -0.05) is 95.5 Å². The van der Waals surface area contributed by atoms with Crippen LogP contribution >= 0.6 is 0 Å². The maximum Gasteiger partial charge on any atom is 0.230 e. The van der Waals surface area contributed by atoms with Crippen LogP contribution in [0.3, 0.4) is 0 Å². The van der Waals surface area contributed by atoms with Crippen molar-refractivity contribution in [2.75, 3.05) is 13.4 Å². The lowest BCUT2D eigenvalue weighted by Gasteiger charge is -2.39. The van der Waals surface area contributed by atoms with E-state index < -0.39 is 0 Å². The third-order valence-corrected chi connectivity index (χ3v) is 10.1. The van der Waals surface area contributed by atoms with Gasteiger partial charge in [0, 0.05) is 5.41 Å². The Balaban J connectivity index is 1.14. The van der Waals surface area contributed by atoms with Gasteiger partial charge in [0.1, 0.15) is 28.6 Å². The lowest BCUT2D eigenvalue weighted by molar-refractivity contribution is 0.105. The molecule has 4 aromatic rings. The molecule has 5 rings (SSSR count). The average Bonchev–Trinajstić information content (AvgIpc) is 3.10. The Morgan fingerprint density at radius 1 is 0.532 bits per heavy atom. The molecule has 4 aromatic carbocycles. The molecule has 4 heteroatoms. The first-order valence-electron chi connectivity index (χ1n) is 17.6. The van der Waals surface area contributed by atoms with Crippen molar-refractivity contribution in [1.82, 2.24) is 0 Å². The van der Waals surface area contributed by atoms with Gasteiger partial charge in [0.2, 0.25) is 6.79 Å². The van der Waals surface area contributed by atoms with Crippen molar-refractivity contribution in [1.29, 1.82) is 0 Å². The predicted octanol–water partition coefficient (Wildman–Crippen LogP) is 11.3. The maximum atomic E-state index is 6.14. The van der Waals surface area contributed by atoms with E-state index in [9.17, 15) is 0 Å². The zero-order valence-corrected chi connectivity index (χ0v) is 29.4. The Bertz CT molecular complexity index is 1510. The van der Waals surface area contributed by atoms with Crippen molar-refractivity contribution in [2.24, 2.45) is 5.41 Å². The minimum Gasteiger partial charge on any atom is -0.493 e. The SMILES string of the molecule is CCC(C)(C)COc1ccc(C2(c3ccc(OCOc4ccc(Cc5ccc(OC(C)(C)CC)cc5)cc4)cc3)CCCCC2)cc1. The number of hydrogen-bond donors (Lipinski definition) is 0. The van der Waals surface area contributed by atoms with E-state index in [4.69, 9.17) is 18.9 Å². The molecule has 1 aliphatic carbocycles. The monoisotopic (exact) mass is 634 g/mol. The van der Waals surface area contributed by atoms with Crippen LogP contribution in [0.15, 0.2) is 97.1 Å². The Kier molecular flexibility index (Phi) is 11.2. The molecule has 0 N–H and O–H groups in total. The molecule has 4 nitrogen and oxygen atoms in total. The molecule has 47 heavy (non-hydrogen) atoms. The smallest absolute Gasteiger partial charge is 0.230 e. The van der Waals surface area contributed by atoms with Gasteiger partial charge in [0.25, 0.3) is 0 Å². The zero-order chi connectivity index (χ0) is 33.3. The van der Waals surface area contributed by atoms with Gasteiger partial charge in [-0.3, -0.25) is 0 Å². The summed E-state index contributed by atoms with van der Waals surface area (Å²) in [5, 5.41) is 0. The van der Waals surface area contributed by atoms with Crippen LogP contribution in [0.5, 0.6) is 23.0 Å². The fraction of sp³-hybridized carbons (Fsp3) is 0.442. The molecule has 0 atom stereocenters. The van der Waals surface area contributed by atoms with Crippen molar-refractivity contribution in [3.05, 3.63) is 119 Å². The van der Waals surface area contributed by atoms with Crippen LogP contribution in [0.25, 0.3) is 0 Å². The third-order valence-electron chi connectivity index (χ3n) is 10.1. The molecule has 0 amide bonds. The summed E-state index contributed by atoms with van der Waals surface area (Å²) in [7, 11) is 0. The summed E-state index contributed by atoms with van der Waals surface area (Å²) in [6.07, 6.45) is 9.02. The highest BCUT2D eigenvalue weighted by Crippen LogP contribution is 2.45. The molecular formula is C43H54O4. The Hall–Kier alpha value is -3.92. The second-order valence-corrected chi connectivity index (χ2v) is 14.6. The fourth-order valence-corrected chi connectivity index (χ4v) is 6.19. The normalized spacial score (nSPS) is 14.8. The maximum absolute atomic E-state index is 6.14. The number of benzene rings is 4. The quantitative estimate of drug-likeness (QED) is 0.122. The summed E-state index contributed by atoms with van der Waals surface area (Å²) in [5.74, 6) is 3.47. The van der Waals surface area contributed by atoms with Gasteiger partial charge in [-0.2, -0.15) is 0 Å². The molecule has 0 bridgehead atoms. The van der Waals surface area contributed by atoms with Crippen LogP contribution in [0, 0.1) is 5.41 Å². The summed E-state index contributed by atoms with van der Waals surface area (Å²) >= 11 is 0. The van der Waals surface area contributed by atoms with Crippen molar-refractivity contribution in [2.45, 2.75) is 104 Å². The molecule has 1 saturated carbocycles. The lowest BCUT2D eigenvalue weighted by atomic mass is 9.65. The minimum atomic E-state index is -0.155. The van der Waals surface area contributed by atoms with Gasteiger partial charge in [-0.15, -0.1) is 0 Å². The van der Waals surface area contributed by atoms with Crippen molar-refractivity contribution >= 4 is 0 Å². The zero-order valence-electron chi connectivity index (χ0n) is 29.4. The van der Waals surface area contributed by atoms with Gasteiger partial charge in [-0.25, -0.2) is 0 Å². The Morgan fingerprint density at radius 2 is 0.979 bits per heavy atom. The van der Waals surface area contributed by atoms with Crippen LogP contribution < -0.4 is 18.9 Å². The third kappa shape index (κ3) is 9.34. The average molecular weight is 635 g/mol. The van der Waals surface area contributed by atoms with Gasteiger partial charge >= 0.3 is 0 Å². The van der Waals surface area contributed by atoms with E-state index in [2.05, 4.69) is 126 Å². The largest absolute Gasteiger partial charge is 0.493 e. The molecule has 0 aliphatic heterocycles. The fourth-order valence-electron chi connectivity index (χ4n) is 6.19. The molecule has 0 aromatic heterocycles. The van der Waals surface area contributed by atoms with Crippen molar-refractivity contribution < 1.29 is 18.9 Å². The second-order valence-electron chi connectivity index (χ2n) is 14.6. The number of hydrogen-bond acceptors (Lipinski definition) is 4. The summed E-state index contributed by atoms with van der Waals surface area (Å²) in [5.41, 5.74) is 5.26. The highest BCUT2D eigenvalue weighted by atomic mass is 16.7. The van der Waals surface area contributed by atoms with E-state index in [1.54, 1.807) is 0 Å². The molecule has 250 valence electrons. The molecule has 1 fully saturated rings. The highest BCUT2D eigenvalue weighted by Gasteiger charge is 2.35. The standard InChI is InChI=1S/C43H54O4/c1-7-41(3,4)31-44-37-24-16-35(17-25-37)43(28-10-9-11-29-43)36-18-26-39(27-19-36)46-32-45-38-20-12-33(13-21-38)30-34-14-22-40(23-15-34)47-42(5,6)8-2/h12-27H,7-11,28-32H2,1-6H3. The minimum absolute atomic E-state index is 0.0258.